The van der Waals surface area contributed by atoms with E-state index >= 15 is 0 Å². The van der Waals surface area contributed by atoms with Gasteiger partial charge in [0.2, 0.25) is 11.9 Å². The van der Waals surface area contributed by atoms with Crippen molar-refractivity contribution in [1.29, 1.82) is 0 Å². The molecule has 8 nitrogen and oxygen atoms in total. The maximum absolute atomic E-state index is 5.69. The predicted octanol–water partition coefficient (Wildman–Crippen LogP) is 1.41. The smallest absolute Gasteiger partial charge is 0.257 e. The largest absolute Gasteiger partial charge is 0.467 e. The summed E-state index contributed by atoms with van der Waals surface area (Å²) < 4.78 is 6.83. The second-order valence-corrected chi connectivity index (χ2v) is 4.15. The van der Waals surface area contributed by atoms with E-state index in [-0.39, 0.29) is 12.0 Å². The first kappa shape index (κ1) is 12.2. The fourth-order valence-electron chi connectivity index (χ4n) is 1.74. The lowest BCUT2D eigenvalue weighted by Crippen LogP contribution is -2.13. The molecule has 8 heteroatoms. The average Bonchev–Trinajstić information content (AvgIpc) is 3.12. The summed E-state index contributed by atoms with van der Waals surface area (Å²) in [6.07, 6.45) is 4.98. The van der Waals surface area contributed by atoms with E-state index in [9.17, 15) is 0 Å². The number of aromatic nitrogens is 5. The van der Waals surface area contributed by atoms with E-state index in [2.05, 4.69) is 25.4 Å². The van der Waals surface area contributed by atoms with Gasteiger partial charge in [-0.1, -0.05) is 0 Å². The second-order valence-electron chi connectivity index (χ2n) is 4.15. The molecule has 3 N–H and O–H groups in total. The van der Waals surface area contributed by atoms with Crippen molar-refractivity contribution < 1.29 is 4.42 Å². The van der Waals surface area contributed by atoms with Gasteiger partial charge in [0.1, 0.15) is 5.76 Å². The zero-order valence-electron chi connectivity index (χ0n) is 10.8. The first-order valence-electron chi connectivity index (χ1n) is 6.04. The zero-order valence-corrected chi connectivity index (χ0v) is 10.8. The molecule has 0 saturated heterocycles. The van der Waals surface area contributed by atoms with Crippen molar-refractivity contribution in [3.05, 3.63) is 42.6 Å². The van der Waals surface area contributed by atoms with Gasteiger partial charge in [-0.2, -0.15) is 20.1 Å². The summed E-state index contributed by atoms with van der Waals surface area (Å²) in [7, 11) is 0. The van der Waals surface area contributed by atoms with E-state index in [0.717, 1.165) is 5.76 Å². The van der Waals surface area contributed by atoms with Crippen LogP contribution in [0.25, 0.3) is 5.95 Å². The minimum Gasteiger partial charge on any atom is -0.467 e. The summed E-state index contributed by atoms with van der Waals surface area (Å²) in [6, 6.07) is 5.39. The Labute approximate surface area is 114 Å². The van der Waals surface area contributed by atoms with Crippen molar-refractivity contribution in [2.75, 3.05) is 11.1 Å². The SMILES string of the molecule is CC(Nc1nc(N)nc(-n2cccn2)n1)c1ccco1. The standard InChI is InChI=1S/C12H13N7O/c1-8(9-4-2-7-20-9)15-11-16-10(13)17-12(18-11)19-6-3-5-14-19/h2-8H,1H3,(H3,13,15,16,17,18). The molecule has 0 radical (unpaired) electrons. The molecule has 0 saturated carbocycles. The van der Waals surface area contributed by atoms with Crippen molar-refractivity contribution in [3.8, 4) is 5.95 Å². The normalized spacial score (nSPS) is 12.2. The van der Waals surface area contributed by atoms with E-state index in [1.54, 1.807) is 24.7 Å². The van der Waals surface area contributed by atoms with Gasteiger partial charge in [0, 0.05) is 12.4 Å². The Morgan fingerprint density at radius 2 is 2.20 bits per heavy atom. The van der Waals surface area contributed by atoms with Crippen LogP contribution in [0.3, 0.4) is 0 Å². The van der Waals surface area contributed by atoms with E-state index in [4.69, 9.17) is 10.2 Å². The molecule has 3 aromatic rings. The molecule has 3 rings (SSSR count). The molecule has 20 heavy (non-hydrogen) atoms. The van der Waals surface area contributed by atoms with Gasteiger partial charge in [0.25, 0.3) is 5.95 Å². The van der Waals surface area contributed by atoms with Crippen molar-refractivity contribution in [2.45, 2.75) is 13.0 Å². The molecule has 1 unspecified atom stereocenters. The predicted molar refractivity (Wildman–Crippen MR) is 72.1 cm³/mol. The number of furan rings is 1. The van der Waals surface area contributed by atoms with Crippen LogP contribution in [0.5, 0.6) is 0 Å². The molecule has 0 aliphatic carbocycles. The average molecular weight is 271 g/mol. The topological polar surface area (TPSA) is 108 Å². The zero-order chi connectivity index (χ0) is 13.9. The lowest BCUT2D eigenvalue weighted by molar-refractivity contribution is 0.489. The van der Waals surface area contributed by atoms with Crippen LogP contribution in [-0.4, -0.2) is 24.7 Å². The number of nitrogens with one attached hydrogen (secondary N) is 1. The van der Waals surface area contributed by atoms with Crippen LogP contribution < -0.4 is 11.1 Å². The van der Waals surface area contributed by atoms with Crippen LogP contribution in [-0.2, 0) is 0 Å². The minimum atomic E-state index is -0.0859. The Morgan fingerprint density at radius 1 is 1.30 bits per heavy atom. The van der Waals surface area contributed by atoms with Gasteiger partial charge in [0.05, 0.1) is 12.3 Å². The molecule has 3 heterocycles. The number of nitrogen functional groups attached to an aromatic ring is 1. The van der Waals surface area contributed by atoms with Crippen molar-refractivity contribution >= 4 is 11.9 Å². The van der Waals surface area contributed by atoms with Gasteiger partial charge in [-0.15, -0.1) is 0 Å². The first-order valence-corrected chi connectivity index (χ1v) is 6.04. The Morgan fingerprint density at radius 3 is 2.90 bits per heavy atom. The number of hydrogen-bond acceptors (Lipinski definition) is 7. The maximum atomic E-state index is 5.69. The molecule has 0 aromatic carbocycles. The second kappa shape index (κ2) is 5.00. The van der Waals surface area contributed by atoms with E-state index in [1.807, 2.05) is 19.1 Å². The van der Waals surface area contributed by atoms with Crippen LogP contribution in [0.4, 0.5) is 11.9 Å². The van der Waals surface area contributed by atoms with Crippen LogP contribution in [0.15, 0.2) is 41.3 Å². The molecular weight excluding hydrogens is 258 g/mol. The highest BCUT2D eigenvalue weighted by molar-refractivity contribution is 5.36. The van der Waals surface area contributed by atoms with E-state index in [0.29, 0.717) is 11.9 Å². The van der Waals surface area contributed by atoms with E-state index < -0.39 is 0 Å². The summed E-state index contributed by atoms with van der Waals surface area (Å²) in [4.78, 5) is 12.4. The third kappa shape index (κ3) is 2.44. The van der Waals surface area contributed by atoms with Crippen molar-refractivity contribution in [2.24, 2.45) is 0 Å². The van der Waals surface area contributed by atoms with Crippen LogP contribution in [0.1, 0.15) is 18.7 Å². The summed E-state index contributed by atoms with van der Waals surface area (Å²) in [5.74, 6) is 1.63. The van der Waals surface area contributed by atoms with Gasteiger partial charge >= 0.3 is 0 Å². The lowest BCUT2D eigenvalue weighted by atomic mass is 10.2. The monoisotopic (exact) mass is 271 g/mol. The third-order valence-corrected chi connectivity index (χ3v) is 2.67. The van der Waals surface area contributed by atoms with Crippen molar-refractivity contribution in [1.82, 2.24) is 24.7 Å². The fourth-order valence-corrected chi connectivity index (χ4v) is 1.74. The lowest BCUT2D eigenvalue weighted by Gasteiger charge is -2.12. The van der Waals surface area contributed by atoms with Crippen molar-refractivity contribution in [3.63, 3.8) is 0 Å². The maximum Gasteiger partial charge on any atom is 0.257 e. The number of rotatable bonds is 4. The minimum absolute atomic E-state index is 0.0859. The van der Waals surface area contributed by atoms with Crippen LogP contribution >= 0.6 is 0 Å². The first-order chi connectivity index (χ1) is 9.72. The van der Waals surface area contributed by atoms with Gasteiger partial charge in [-0.25, -0.2) is 4.68 Å². The Bertz CT molecular complexity index is 678. The highest BCUT2D eigenvalue weighted by Gasteiger charge is 2.12. The van der Waals surface area contributed by atoms with Gasteiger partial charge in [-0.3, -0.25) is 0 Å². The number of hydrogen-bond donors (Lipinski definition) is 2. The molecule has 0 fully saturated rings. The van der Waals surface area contributed by atoms with Gasteiger partial charge < -0.3 is 15.5 Å². The molecule has 0 spiro atoms. The third-order valence-electron chi connectivity index (χ3n) is 2.67. The number of nitrogens with two attached hydrogens (primary N) is 1. The quantitative estimate of drug-likeness (QED) is 0.738. The molecule has 0 aliphatic heterocycles. The van der Waals surface area contributed by atoms with Gasteiger partial charge in [-0.05, 0) is 25.1 Å². The molecule has 0 bridgehead atoms. The summed E-state index contributed by atoms with van der Waals surface area (Å²) in [5, 5.41) is 7.17. The highest BCUT2D eigenvalue weighted by Crippen LogP contribution is 2.17. The highest BCUT2D eigenvalue weighted by atomic mass is 16.3. The van der Waals surface area contributed by atoms with Crippen LogP contribution in [0, 0.1) is 0 Å². The summed E-state index contributed by atoms with van der Waals surface area (Å²) in [5.41, 5.74) is 5.69. The van der Waals surface area contributed by atoms with Crippen LogP contribution in [0.2, 0.25) is 0 Å². The fraction of sp³-hybridized carbons (Fsp3) is 0.167. The van der Waals surface area contributed by atoms with E-state index in [1.165, 1.54) is 4.68 Å². The Balaban J connectivity index is 1.87. The molecule has 1 atom stereocenters. The number of nitrogens with zero attached hydrogens (tertiary/aromatic N) is 5. The molecular formula is C12H13N7O. The number of anilines is 2. The molecule has 0 amide bonds. The molecule has 0 aliphatic rings. The summed E-state index contributed by atoms with van der Waals surface area (Å²) in [6.45, 7) is 1.94. The Hall–Kier alpha value is -2.90. The summed E-state index contributed by atoms with van der Waals surface area (Å²) >= 11 is 0. The van der Waals surface area contributed by atoms with Gasteiger partial charge in [0.15, 0.2) is 0 Å². The molecule has 102 valence electrons. The Kier molecular flexibility index (Phi) is 3.04. The molecule has 3 aromatic heterocycles.